The van der Waals surface area contributed by atoms with Gasteiger partial charge in [0.05, 0.1) is 26.4 Å². The Morgan fingerprint density at radius 1 is 0.303 bits per heavy atom. The number of aliphatic hydroxyl groups excluding tert-OH is 1. The molecule has 0 aliphatic heterocycles. The van der Waals surface area contributed by atoms with Crippen LogP contribution in [0.4, 0.5) is 0 Å². The molecular formula is C70H136O17P2. The summed E-state index contributed by atoms with van der Waals surface area (Å²) in [7, 11) is -9.88. The maximum absolute atomic E-state index is 13.0. The van der Waals surface area contributed by atoms with Crippen molar-refractivity contribution < 1.29 is 80.2 Å². The second-order valence-corrected chi connectivity index (χ2v) is 28.7. The smallest absolute Gasteiger partial charge is 0.462 e. The van der Waals surface area contributed by atoms with Gasteiger partial charge in [0.15, 0.2) is 12.2 Å². The Labute approximate surface area is 543 Å². The molecule has 0 aromatic heterocycles. The Morgan fingerprint density at radius 3 is 0.764 bits per heavy atom. The molecule has 0 saturated carbocycles. The number of aliphatic hydroxyl groups is 1. The molecule has 19 heteroatoms. The van der Waals surface area contributed by atoms with E-state index in [0.717, 1.165) is 109 Å². The highest BCUT2D eigenvalue weighted by Crippen LogP contribution is 2.45. The van der Waals surface area contributed by atoms with Crippen molar-refractivity contribution in [3.63, 3.8) is 0 Å². The van der Waals surface area contributed by atoms with Crippen LogP contribution in [0.2, 0.25) is 0 Å². The van der Waals surface area contributed by atoms with Gasteiger partial charge in [-0.25, -0.2) is 9.13 Å². The fourth-order valence-corrected chi connectivity index (χ4v) is 12.2. The van der Waals surface area contributed by atoms with Gasteiger partial charge in [-0.3, -0.25) is 37.3 Å². The zero-order chi connectivity index (χ0) is 65.6. The van der Waals surface area contributed by atoms with E-state index in [1.165, 1.54) is 173 Å². The van der Waals surface area contributed by atoms with Gasteiger partial charge in [-0.05, 0) is 31.6 Å². The molecule has 89 heavy (non-hydrogen) atoms. The summed E-state index contributed by atoms with van der Waals surface area (Å²) in [6.45, 7) is 7.15. The van der Waals surface area contributed by atoms with Crippen LogP contribution in [0.5, 0.6) is 0 Å². The van der Waals surface area contributed by atoms with Crippen LogP contribution in [0.15, 0.2) is 0 Å². The van der Waals surface area contributed by atoms with E-state index in [-0.39, 0.29) is 25.7 Å². The largest absolute Gasteiger partial charge is 0.472 e. The minimum Gasteiger partial charge on any atom is -0.462 e. The Morgan fingerprint density at radius 2 is 0.517 bits per heavy atom. The van der Waals surface area contributed by atoms with Crippen molar-refractivity contribution in [3.8, 4) is 0 Å². The zero-order valence-corrected chi connectivity index (χ0v) is 59.4. The van der Waals surface area contributed by atoms with Gasteiger partial charge in [-0.1, -0.05) is 311 Å². The number of rotatable bonds is 70. The van der Waals surface area contributed by atoms with Gasteiger partial charge in [0.1, 0.15) is 19.3 Å². The first-order valence-electron chi connectivity index (χ1n) is 36.6. The van der Waals surface area contributed by atoms with Crippen LogP contribution in [0.1, 0.15) is 362 Å². The number of hydrogen-bond donors (Lipinski definition) is 3. The van der Waals surface area contributed by atoms with Gasteiger partial charge in [-0.2, -0.15) is 0 Å². The molecule has 528 valence electrons. The van der Waals surface area contributed by atoms with Crippen molar-refractivity contribution in [1.82, 2.24) is 0 Å². The molecule has 0 aliphatic carbocycles. The summed E-state index contributed by atoms with van der Waals surface area (Å²) in [5.41, 5.74) is 0. The fourth-order valence-electron chi connectivity index (χ4n) is 10.6. The van der Waals surface area contributed by atoms with E-state index >= 15 is 0 Å². The third-order valence-corrected chi connectivity index (χ3v) is 18.2. The maximum Gasteiger partial charge on any atom is 0.472 e. The first-order chi connectivity index (χ1) is 43.0. The number of hydrogen-bond acceptors (Lipinski definition) is 15. The van der Waals surface area contributed by atoms with E-state index in [2.05, 4.69) is 34.6 Å². The third-order valence-electron chi connectivity index (χ3n) is 16.3. The number of ether oxygens (including phenoxy) is 4. The van der Waals surface area contributed by atoms with Crippen LogP contribution < -0.4 is 0 Å². The van der Waals surface area contributed by atoms with E-state index in [1.807, 2.05) is 0 Å². The molecule has 2 unspecified atom stereocenters. The van der Waals surface area contributed by atoms with Crippen LogP contribution in [-0.4, -0.2) is 96.7 Å². The average Bonchev–Trinajstić information content (AvgIpc) is 3.71. The van der Waals surface area contributed by atoms with Gasteiger partial charge >= 0.3 is 39.5 Å². The minimum absolute atomic E-state index is 0.104. The predicted octanol–water partition coefficient (Wildman–Crippen LogP) is 20.1. The monoisotopic (exact) mass is 1310 g/mol. The molecule has 0 fully saturated rings. The van der Waals surface area contributed by atoms with Crippen molar-refractivity contribution in [1.29, 1.82) is 0 Å². The van der Waals surface area contributed by atoms with E-state index in [1.54, 1.807) is 0 Å². The van der Waals surface area contributed by atoms with E-state index in [4.69, 9.17) is 37.0 Å². The molecule has 0 aromatic carbocycles. The molecule has 0 spiro atoms. The Hall–Kier alpha value is -1.94. The summed E-state index contributed by atoms with van der Waals surface area (Å²) >= 11 is 0. The van der Waals surface area contributed by atoms with Gasteiger partial charge in [-0.15, -0.1) is 0 Å². The lowest BCUT2D eigenvalue weighted by atomic mass is 10.0. The number of phosphoric acid groups is 2. The van der Waals surface area contributed by atoms with Crippen molar-refractivity contribution in [2.75, 3.05) is 39.6 Å². The van der Waals surface area contributed by atoms with Gasteiger partial charge in [0.25, 0.3) is 0 Å². The molecule has 0 aliphatic rings. The summed E-state index contributed by atoms with van der Waals surface area (Å²) < 4.78 is 68.0. The highest BCUT2D eigenvalue weighted by atomic mass is 31.2. The maximum atomic E-state index is 13.0. The highest BCUT2D eigenvalue weighted by Gasteiger charge is 2.30. The lowest BCUT2D eigenvalue weighted by molar-refractivity contribution is -0.161. The third kappa shape index (κ3) is 64.6. The minimum atomic E-state index is -4.95. The van der Waals surface area contributed by atoms with Crippen LogP contribution in [0, 0.1) is 5.92 Å². The summed E-state index contributed by atoms with van der Waals surface area (Å²) in [5, 5.41) is 10.5. The average molecular weight is 1310 g/mol. The molecule has 0 saturated heterocycles. The normalized spacial score (nSPS) is 14.1. The Bertz CT molecular complexity index is 1720. The second-order valence-electron chi connectivity index (χ2n) is 25.7. The van der Waals surface area contributed by atoms with E-state index in [9.17, 15) is 43.2 Å². The summed E-state index contributed by atoms with van der Waals surface area (Å²) in [6.07, 6.45) is 50.5. The van der Waals surface area contributed by atoms with Crippen molar-refractivity contribution in [3.05, 3.63) is 0 Å². The molecular weight excluding hydrogens is 1170 g/mol. The Balaban J connectivity index is 5.11. The first kappa shape index (κ1) is 87.1. The first-order valence-corrected chi connectivity index (χ1v) is 39.6. The fraction of sp³-hybridized carbons (Fsp3) is 0.943. The number of carbonyl (C=O) groups is 4. The molecule has 0 bridgehead atoms. The lowest BCUT2D eigenvalue weighted by Gasteiger charge is -2.21. The zero-order valence-electron chi connectivity index (χ0n) is 57.6. The van der Waals surface area contributed by atoms with Crippen LogP contribution >= 0.6 is 15.6 Å². The quantitative estimate of drug-likeness (QED) is 0.0222. The summed E-state index contributed by atoms with van der Waals surface area (Å²) in [4.78, 5) is 72.1. The van der Waals surface area contributed by atoms with Crippen molar-refractivity contribution in [2.24, 2.45) is 5.92 Å². The standard InChI is InChI=1S/C70H136O17P2/c1-6-9-12-15-17-19-20-21-22-23-24-27-30-33-36-40-44-49-54-68(73)81-60-66(87-70(75)56-51-46-41-37-34-31-28-25-26-29-32-35-38-43-47-52-63(4)5)62-85-89(78,79)83-58-64(71)57-82-88(76,77)84-61-65(59-80-67(72)53-48-42-14-11-8-3)86-69(74)55-50-45-39-18-16-13-10-7-2/h63-66,71H,6-62H2,1-5H3,(H,76,77)(H,78,79)/t64-,65+,66+/m0/s1. The molecule has 17 nitrogen and oxygen atoms in total. The second kappa shape index (κ2) is 63.5. The Kier molecular flexibility index (Phi) is 62.1. The van der Waals surface area contributed by atoms with E-state index in [0.29, 0.717) is 25.7 Å². The molecule has 0 heterocycles. The van der Waals surface area contributed by atoms with Gasteiger partial charge in [0.2, 0.25) is 0 Å². The highest BCUT2D eigenvalue weighted by molar-refractivity contribution is 7.47. The molecule has 0 radical (unpaired) electrons. The van der Waals surface area contributed by atoms with Gasteiger partial charge in [0, 0.05) is 25.7 Å². The topological polar surface area (TPSA) is 237 Å². The number of carbonyl (C=O) groups excluding carboxylic acids is 4. The molecule has 3 N–H and O–H groups in total. The predicted molar refractivity (Wildman–Crippen MR) is 358 cm³/mol. The van der Waals surface area contributed by atoms with Crippen LogP contribution in [0.3, 0.4) is 0 Å². The summed E-state index contributed by atoms with van der Waals surface area (Å²) in [6, 6.07) is 0. The van der Waals surface area contributed by atoms with Crippen molar-refractivity contribution in [2.45, 2.75) is 380 Å². The molecule has 0 amide bonds. The number of phosphoric ester groups is 2. The number of unbranched alkanes of at least 4 members (excludes halogenated alkanes) is 42. The van der Waals surface area contributed by atoms with Gasteiger partial charge < -0.3 is 33.8 Å². The number of esters is 4. The van der Waals surface area contributed by atoms with E-state index < -0.39 is 97.5 Å². The SMILES string of the molecule is CCCCCCCCCCCCCCCCCCCCC(=O)OC[C@H](COP(=O)(O)OC[C@@H](O)COP(=O)(O)OC[C@@H](COC(=O)CCCCCCC)OC(=O)CCCCCCCCCC)OC(=O)CCCCCCCCCCCCCCCCCC(C)C. The molecule has 0 aromatic rings. The summed E-state index contributed by atoms with van der Waals surface area (Å²) in [5.74, 6) is -1.33. The van der Waals surface area contributed by atoms with Crippen LogP contribution in [-0.2, 0) is 65.4 Å². The lowest BCUT2D eigenvalue weighted by Crippen LogP contribution is -2.30. The van der Waals surface area contributed by atoms with Crippen LogP contribution in [0.25, 0.3) is 0 Å². The molecule has 0 rings (SSSR count). The van der Waals surface area contributed by atoms with Crippen molar-refractivity contribution >= 4 is 39.5 Å². The molecule has 5 atom stereocenters.